The summed E-state index contributed by atoms with van der Waals surface area (Å²) in [7, 11) is 0. The summed E-state index contributed by atoms with van der Waals surface area (Å²) in [6, 6.07) is 16.7. The van der Waals surface area contributed by atoms with Gasteiger partial charge in [-0.1, -0.05) is 55.9 Å². The molecule has 0 aliphatic rings. The van der Waals surface area contributed by atoms with Gasteiger partial charge in [-0.05, 0) is 36.4 Å². The molecule has 35 heavy (non-hydrogen) atoms. The van der Waals surface area contributed by atoms with Crippen LogP contribution >= 0.6 is 11.8 Å². The van der Waals surface area contributed by atoms with Crippen LogP contribution in [0.2, 0.25) is 0 Å². The Morgan fingerprint density at radius 3 is 2.46 bits per heavy atom. The van der Waals surface area contributed by atoms with Crippen LogP contribution < -0.4 is 5.32 Å². The van der Waals surface area contributed by atoms with Gasteiger partial charge in [0.15, 0.2) is 10.9 Å². The number of amides is 1. The molecule has 0 aliphatic heterocycles. The first-order valence-electron chi connectivity index (χ1n) is 11.0. The molecule has 3 aromatic heterocycles. The topological polar surface area (TPSA) is 107 Å². The van der Waals surface area contributed by atoms with E-state index < -0.39 is 0 Å². The molecule has 9 heteroatoms. The number of hydrogen-bond donors (Lipinski definition) is 1. The second-order valence-corrected chi connectivity index (χ2v) is 9.87. The fraction of sp³-hybridized carbons (Fsp3) is 0.192. The number of nitrogens with zero attached hydrogens (tertiary/aromatic N) is 4. The average molecular weight is 486 g/mol. The molecule has 0 aliphatic carbocycles. The number of aromatic nitrogens is 4. The third kappa shape index (κ3) is 4.95. The molecular formula is C26H23N5O3S. The summed E-state index contributed by atoms with van der Waals surface area (Å²) in [5.74, 6) is 1.52. The van der Waals surface area contributed by atoms with Crippen molar-refractivity contribution in [3.63, 3.8) is 0 Å². The Kier molecular flexibility index (Phi) is 6.08. The van der Waals surface area contributed by atoms with Crippen LogP contribution in [0.1, 0.15) is 42.8 Å². The number of thioether (sulfide) groups is 1. The van der Waals surface area contributed by atoms with Gasteiger partial charge in [0.2, 0.25) is 11.7 Å². The summed E-state index contributed by atoms with van der Waals surface area (Å²) >= 11 is 1.45. The van der Waals surface area contributed by atoms with Gasteiger partial charge in [-0.15, -0.1) is 0 Å². The van der Waals surface area contributed by atoms with Gasteiger partial charge in [0.25, 0.3) is 5.91 Å². The maximum Gasteiger partial charge on any atom is 0.291 e. The summed E-state index contributed by atoms with van der Waals surface area (Å²) in [5, 5.41) is 8.53. The fourth-order valence-corrected chi connectivity index (χ4v) is 4.29. The fourth-order valence-electron chi connectivity index (χ4n) is 3.46. The first-order valence-corrected chi connectivity index (χ1v) is 12.0. The zero-order valence-electron chi connectivity index (χ0n) is 19.5. The molecule has 0 saturated carbocycles. The number of furan rings is 1. The Morgan fingerprint density at radius 2 is 1.74 bits per heavy atom. The van der Waals surface area contributed by atoms with Crippen molar-refractivity contribution >= 4 is 34.3 Å². The van der Waals surface area contributed by atoms with Crippen molar-refractivity contribution in [2.24, 2.45) is 0 Å². The average Bonchev–Trinajstić information content (AvgIpc) is 3.50. The van der Waals surface area contributed by atoms with Gasteiger partial charge in [-0.2, -0.15) is 4.98 Å². The molecule has 0 saturated heterocycles. The number of fused-ring (bicyclic) bond motifs is 1. The maximum absolute atomic E-state index is 13.2. The first-order chi connectivity index (χ1) is 16.9. The molecule has 0 atom stereocenters. The molecule has 0 bridgehead atoms. The lowest BCUT2D eigenvalue weighted by atomic mass is 9.97. The molecule has 5 aromatic rings. The molecule has 3 heterocycles. The van der Waals surface area contributed by atoms with Gasteiger partial charge in [-0.3, -0.25) is 4.79 Å². The lowest BCUT2D eigenvalue weighted by Crippen LogP contribution is -2.12. The van der Waals surface area contributed by atoms with Gasteiger partial charge in [0.05, 0.1) is 0 Å². The van der Waals surface area contributed by atoms with Crippen molar-refractivity contribution < 1.29 is 13.7 Å². The summed E-state index contributed by atoms with van der Waals surface area (Å²) in [5.41, 5.74) is 2.65. The highest BCUT2D eigenvalue weighted by Crippen LogP contribution is 2.32. The highest BCUT2D eigenvalue weighted by atomic mass is 32.2. The van der Waals surface area contributed by atoms with Gasteiger partial charge >= 0.3 is 0 Å². The van der Waals surface area contributed by atoms with Crippen molar-refractivity contribution in [1.82, 2.24) is 20.1 Å². The van der Waals surface area contributed by atoms with Crippen molar-refractivity contribution in [3.05, 3.63) is 84.2 Å². The number of nitrogens with one attached hydrogen (secondary N) is 1. The van der Waals surface area contributed by atoms with E-state index in [-0.39, 0.29) is 17.1 Å². The zero-order chi connectivity index (χ0) is 24.4. The van der Waals surface area contributed by atoms with Crippen LogP contribution in [0.15, 0.2) is 81.1 Å². The van der Waals surface area contributed by atoms with E-state index >= 15 is 0 Å². The van der Waals surface area contributed by atoms with Crippen LogP contribution in [0, 0.1) is 0 Å². The summed E-state index contributed by atoms with van der Waals surface area (Å²) in [6.45, 7) is 6.04. The molecule has 1 amide bonds. The van der Waals surface area contributed by atoms with E-state index in [2.05, 4.69) is 25.4 Å². The molecular weight excluding hydrogens is 462 g/mol. The second kappa shape index (κ2) is 9.34. The minimum atomic E-state index is -0.326. The predicted octanol–water partition coefficient (Wildman–Crippen LogP) is 6.11. The maximum atomic E-state index is 13.2. The number of rotatable bonds is 6. The third-order valence-corrected chi connectivity index (χ3v) is 6.16. The Bertz CT molecular complexity index is 1470. The molecule has 176 valence electrons. The van der Waals surface area contributed by atoms with Crippen LogP contribution in [-0.2, 0) is 11.2 Å². The summed E-state index contributed by atoms with van der Waals surface area (Å²) in [4.78, 5) is 26.2. The van der Waals surface area contributed by atoms with Crippen molar-refractivity contribution in [2.75, 3.05) is 5.32 Å². The zero-order valence-corrected chi connectivity index (χ0v) is 20.3. The Labute approximate surface area is 206 Å². The van der Waals surface area contributed by atoms with Crippen LogP contribution in [-0.4, -0.2) is 26.0 Å². The van der Waals surface area contributed by atoms with E-state index in [0.29, 0.717) is 33.9 Å². The number of carbonyl (C=O) groups excluding carboxylic acids is 1. The SMILES string of the molecule is CC(C)(C)c1nc(-c2ccc(NC(=O)c3oc4ccccc4c3CSc3ncccn3)cc2)no1. The van der Waals surface area contributed by atoms with Crippen molar-refractivity contribution in [3.8, 4) is 11.4 Å². The van der Waals surface area contributed by atoms with Gasteiger partial charge in [0.1, 0.15) is 5.58 Å². The molecule has 2 aromatic carbocycles. The highest BCUT2D eigenvalue weighted by molar-refractivity contribution is 7.98. The van der Waals surface area contributed by atoms with E-state index in [1.54, 1.807) is 30.6 Å². The molecule has 0 fully saturated rings. The van der Waals surface area contributed by atoms with Crippen molar-refractivity contribution in [1.29, 1.82) is 0 Å². The summed E-state index contributed by atoms with van der Waals surface area (Å²) in [6.07, 6.45) is 3.39. The Morgan fingerprint density at radius 1 is 1.00 bits per heavy atom. The molecule has 5 rings (SSSR count). The number of benzene rings is 2. The number of anilines is 1. The molecule has 1 N–H and O–H groups in total. The van der Waals surface area contributed by atoms with Crippen molar-refractivity contribution in [2.45, 2.75) is 37.1 Å². The third-order valence-electron chi connectivity index (χ3n) is 5.26. The highest BCUT2D eigenvalue weighted by Gasteiger charge is 2.23. The minimum Gasteiger partial charge on any atom is -0.451 e. The van der Waals surface area contributed by atoms with E-state index in [0.717, 1.165) is 16.5 Å². The smallest absolute Gasteiger partial charge is 0.291 e. The molecule has 0 unspecified atom stereocenters. The lowest BCUT2D eigenvalue weighted by Gasteiger charge is -2.10. The van der Waals surface area contributed by atoms with E-state index in [9.17, 15) is 4.79 Å². The normalized spacial score (nSPS) is 11.6. The molecule has 8 nitrogen and oxygen atoms in total. The second-order valence-electron chi connectivity index (χ2n) is 8.93. The van der Waals surface area contributed by atoms with Crippen LogP contribution in [0.4, 0.5) is 5.69 Å². The molecule has 0 radical (unpaired) electrons. The quantitative estimate of drug-likeness (QED) is 0.227. The first kappa shape index (κ1) is 22.8. The number of carbonyl (C=O) groups is 1. The molecule has 0 spiro atoms. The Hall–Kier alpha value is -3.98. The monoisotopic (exact) mass is 485 g/mol. The van der Waals surface area contributed by atoms with E-state index in [4.69, 9.17) is 8.94 Å². The standard InChI is InChI=1S/C26H23N5O3S/c1-26(2,3)24-30-22(31-34-24)16-9-11-17(12-10-16)29-23(32)21-19(15-35-25-27-13-6-14-28-25)18-7-4-5-8-20(18)33-21/h4-14H,15H2,1-3H3,(H,29,32). The summed E-state index contributed by atoms with van der Waals surface area (Å²) < 4.78 is 11.3. The largest absolute Gasteiger partial charge is 0.451 e. The minimum absolute atomic E-state index is 0.228. The number of hydrogen-bond acceptors (Lipinski definition) is 8. The van der Waals surface area contributed by atoms with E-state index in [1.165, 1.54) is 11.8 Å². The van der Waals surface area contributed by atoms with Crippen LogP contribution in [0.3, 0.4) is 0 Å². The van der Waals surface area contributed by atoms with Gasteiger partial charge < -0.3 is 14.3 Å². The van der Waals surface area contributed by atoms with Crippen LogP contribution in [0.25, 0.3) is 22.4 Å². The van der Waals surface area contributed by atoms with Gasteiger partial charge in [-0.25, -0.2) is 9.97 Å². The van der Waals surface area contributed by atoms with E-state index in [1.807, 2.05) is 57.2 Å². The predicted molar refractivity (Wildman–Crippen MR) is 134 cm³/mol. The van der Waals surface area contributed by atoms with Crippen LogP contribution in [0.5, 0.6) is 0 Å². The lowest BCUT2D eigenvalue weighted by molar-refractivity contribution is 0.0998. The Balaban J connectivity index is 1.36. The van der Waals surface area contributed by atoms with Gasteiger partial charge in [0, 0.05) is 45.8 Å². The number of para-hydroxylation sites is 1.